The Hall–Kier alpha value is -5.50. The summed E-state index contributed by atoms with van der Waals surface area (Å²) in [5.41, 5.74) is 1.64. The van der Waals surface area contributed by atoms with Gasteiger partial charge in [0.25, 0.3) is 11.8 Å². The first-order valence-electron chi connectivity index (χ1n) is 11.5. The van der Waals surface area contributed by atoms with Crippen LogP contribution < -0.4 is 15.4 Å². The molecule has 0 atom stereocenters. The lowest BCUT2D eigenvalue weighted by Crippen LogP contribution is -2.17. The molecule has 0 fully saturated rings. The van der Waals surface area contributed by atoms with Crippen LogP contribution in [0.4, 0.5) is 11.6 Å². The van der Waals surface area contributed by atoms with Crippen LogP contribution in [-0.4, -0.2) is 31.4 Å². The van der Waals surface area contributed by atoms with Gasteiger partial charge in [-0.3, -0.25) is 14.9 Å². The largest absolute Gasteiger partial charge is 0.456 e. The van der Waals surface area contributed by atoms with Crippen molar-refractivity contribution < 1.29 is 18.7 Å². The molecule has 0 aliphatic heterocycles. The molecule has 11 heteroatoms. The Morgan fingerprint density at radius 1 is 1.03 bits per heavy atom. The lowest BCUT2D eigenvalue weighted by molar-refractivity contribution is 0.101. The van der Waals surface area contributed by atoms with E-state index in [1.807, 2.05) is 6.07 Å². The third-order valence-electron chi connectivity index (χ3n) is 5.65. The van der Waals surface area contributed by atoms with Gasteiger partial charge in [-0.15, -0.1) is 5.10 Å². The number of pyridine rings is 1. The molecule has 5 rings (SSSR count). The van der Waals surface area contributed by atoms with Crippen LogP contribution in [-0.2, 0) is 5.41 Å². The summed E-state index contributed by atoms with van der Waals surface area (Å²) in [5, 5.41) is 19.1. The number of oxazole rings is 1. The van der Waals surface area contributed by atoms with E-state index in [0.717, 1.165) is 12.0 Å². The molecule has 11 nitrogen and oxygen atoms in total. The van der Waals surface area contributed by atoms with Gasteiger partial charge in [0.15, 0.2) is 17.7 Å². The van der Waals surface area contributed by atoms with Gasteiger partial charge in [-0.25, -0.2) is 9.50 Å². The Labute approximate surface area is 216 Å². The minimum absolute atomic E-state index is 0.0992. The number of carbonyl (C=O) groups is 2. The summed E-state index contributed by atoms with van der Waals surface area (Å²) in [6, 6.07) is 19.6. The van der Waals surface area contributed by atoms with Gasteiger partial charge in [0.05, 0.1) is 17.7 Å². The molecule has 0 aliphatic carbocycles. The average Bonchev–Trinajstić information content (AvgIpc) is 3.59. The molecule has 0 radical (unpaired) electrons. The fourth-order valence-corrected chi connectivity index (χ4v) is 3.56. The summed E-state index contributed by atoms with van der Waals surface area (Å²) >= 11 is 0. The van der Waals surface area contributed by atoms with Gasteiger partial charge in [0.1, 0.15) is 17.8 Å². The maximum Gasteiger partial charge on any atom is 0.280 e. The van der Waals surface area contributed by atoms with E-state index in [9.17, 15) is 14.9 Å². The number of anilines is 2. The van der Waals surface area contributed by atoms with E-state index in [1.165, 1.54) is 10.8 Å². The topological polar surface area (TPSA) is 147 Å². The van der Waals surface area contributed by atoms with Gasteiger partial charge < -0.3 is 14.5 Å². The molecule has 0 unspecified atom stereocenters. The third kappa shape index (κ3) is 5.19. The SMILES string of the molecule is CC(C)(C#N)c1cccc(C(=O)Nc2cccc(Oc3ccc4nc(NC(=O)c5cocn5)nn4c3)c2)c1. The summed E-state index contributed by atoms with van der Waals surface area (Å²) in [6.45, 7) is 3.61. The summed E-state index contributed by atoms with van der Waals surface area (Å²) < 4.78 is 12.2. The van der Waals surface area contributed by atoms with Crippen LogP contribution in [0.1, 0.15) is 40.3 Å². The Morgan fingerprint density at radius 2 is 1.87 bits per heavy atom. The van der Waals surface area contributed by atoms with E-state index in [0.29, 0.717) is 28.4 Å². The molecule has 0 spiro atoms. The van der Waals surface area contributed by atoms with E-state index in [1.54, 1.807) is 74.6 Å². The zero-order chi connectivity index (χ0) is 26.7. The minimum Gasteiger partial charge on any atom is -0.456 e. The number of nitrogens with zero attached hydrogens (tertiary/aromatic N) is 5. The standard InChI is InChI=1S/C27H21N7O4/c1-27(2,15-28)18-6-3-5-17(11-18)24(35)30-19-7-4-8-20(12-19)38-21-9-10-23-31-26(33-34(23)13-21)32-25(36)22-14-37-16-29-22/h3-14,16H,1-2H3,(H,30,35)(H,32,33,36). The first-order valence-corrected chi connectivity index (χ1v) is 11.5. The number of hydrogen-bond acceptors (Lipinski definition) is 8. The average molecular weight is 508 g/mol. The number of carbonyl (C=O) groups excluding carboxylic acids is 2. The third-order valence-corrected chi connectivity index (χ3v) is 5.65. The van der Waals surface area contributed by atoms with Crippen LogP contribution in [0.5, 0.6) is 11.5 Å². The number of nitrogens with one attached hydrogen (secondary N) is 2. The highest BCUT2D eigenvalue weighted by Crippen LogP contribution is 2.26. The van der Waals surface area contributed by atoms with Crippen molar-refractivity contribution in [1.82, 2.24) is 19.6 Å². The van der Waals surface area contributed by atoms with Gasteiger partial charge in [-0.1, -0.05) is 18.2 Å². The predicted octanol–water partition coefficient (Wildman–Crippen LogP) is 4.82. The number of amides is 2. The van der Waals surface area contributed by atoms with Crippen molar-refractivity contribution in [3.63, 3.8) is 0 Å². The van der Waals surface area contributed by atoms with Gasteiger partial charge in [0.2, 0.25) is 5.95 Å². The van der Waals surface area contributed by atoms with Crippen molar-refractivity contribution in [1.29, 1.82) is 5.26 Å². The highest BCUT2D eigenvalue weighted by Gasteiger charge is 2.21. The van der Waals surface area contributed by atoms with Crippen molar-refractivity contribution in [2.75, 3.05) is 10.6 Å². The molecule has 3 heterocycles. The van der Waals surface area contributed by atoms with Crippen molar-refractivity contribution in [2.24, 2.45) is 0 Å². The zero-order valence-electron chi connectivity index (χ0n) is 20.4. The maximum absolute atomic E-state index is 12.9. The van der Waals surface area contributed by atoms with E-state index < -0.39 is 11.3 Å². The van der Waals surface area contributed by atoms with Gasteiger partial charge in [-0.05, 0) is 55.8 Å². The monoisotopic (exact) mass is 507 g/mol. The molecule has 0 saturated heterocycles. The van der Waals surface area contributed by atoms with Crippen molar-refractivity contribution in [2.45, 2.75) is 19.3 Å². The number of rotatable bonds is 7. The minimum atomic E-state index is -0.710. The van der Waals surface area contributed by atoms with Crippen LogP contribution in [0.25, 0.3) is 5.65 Å². The highest BCUT2D eigenvalue weighted by molar-refractivity contribution is 6.04. The Morgan fingerprint density at radius 3 is 2.66 bits per heavy atom. The van der Waals surface area contributed by atoms with E-state index in [2.05, 4.69) is 31.8 Å². The number of ether oxygens (including phenoxy) is 1. The summed E-state index contributed by atoms with van der Waals surface area (Å²) in [7, 11) is 0. The van der Waals surface area contributed by atoms with Crippen LogP contribution >= 0.6 is 0 Å². The van der Waals surface area contributed by atoms with Crippen LogP contribution in [0.3, 0.4) is 0 Å². The zero-order valence-corrected chi connectivity index (χ0v) is 20.4. The maximum atomic E-state index is 12.9. The molecule has 0 bridgehead atoms. The Balaban J connectivity index is 1.28. The number of fused-ring (bicyclic) bond motifs is 1. The molecule has 2 N–H and O–H groups in total. The molecular formula is C27H21N7O4. The van der Waals surface area contributed by atoms with Crippen molar-refractivity contribution >= 4 is 29.1 Å². The number of benzene rings is 2. The molecule has 3 aromatic heterocycles. The van der Waals surface area contributed by atoms with Crippen molar-refractivity contribution in [3.8, 4) is 17.6 Å². The molecule has 2 aromatic carbocycles. The Kier molecular flexibility index (Phi) is 6.28. The first kappa shape index (κ1) is 24.2. The molecule has 38 heavy (non-hydrogen) atoms. The molecule has 5 aromatic rings. The summed E-state index contributed by atoms with van der Waals surface area (Å²) in [4.78, 5) is 33.0. The van der Waals surface area contributed by atoms with E-state index in [-0.39, 0.29) is 17.5 Å². The molecule has 0 saturated carbocycles. The molecular weight excluding hydrogens is 486 g/mol. The van der Waals surface area contributed by atoms with Crippen LogP contribution in [0.2, 0.25) is 0 Å². The number of hydrogen-bond donors (Lipinski definition) is 2. The quantitative estimate of drug-likeness (QED) is 0.319. The summed E-state index contributed by atoms with van der Waals surface area (Å²) in [5.74, 6) is 0.252. The first-order chi connectivity index (χ1) is 18.3. The smallest absolute Gasteiger partial charge is 0.280 e. The molecule has 188 valence electrons. The predicted molar refractivity (Wildman–Crippen MR) is 137 cm³/mol. The molecule has 2 amide bonds. The molecule has 0 aliphatic rings. The second kappa shape index (κ2) is 9.87. The lowest BCUT2D eigenvalue weighted by Gasteiger charge is -2.16. The second-order valence-corrected chi connectivity index (χ2v) is 8.83. The second-order valence-electron chi connectivity index (χ2n) is 8.83. The number of nitriles is 1. The fourth-order valence-electron chi connectivity index (χ4n) is 3.56. The van der Waals surface area contributed by atoms with Gasteiger partial charge in [-0.2, -0.15) is 10.2 Å². The lowest BCUT2D eigenvalue weighted by atomic mass is 9.85. The highest BCUT2D eigenvalue weighted by atomic mass is 16.5. The number of aromatic nitrogens is 4. The van der Waals surface area contributed by atoms with Crippen LogP contribution in [0.15, 0.2) is 83.9 Å². The summed E-state index contributed by atoms with van der Waals surface area (Å²) in [6.07, 6.45) is 3.99. The fraction of sp³-hybridized carbons (Fsp3) is 0.111. The van der Waals surface area contributed by atoms with E-state index in [4.69, 9.17) is 9.15 Å². The van der Waals surface area contributed by atoms with Crippen molar-refractivity contribution in [3.05, 3.63) is 96.3 Å². The van der Waals surface area contributed by atoms with Crippen LogP contribution in [0, 0.1) is 11.3 Å². The van der Waals surface area contributed by atoms with Gasteiger partial charge in [0, 0.05) is 17.3 Å². The normalized spacial score (nSPS) is 11.1. The Bertz CT molecular complexity index is 1680. The van der Waals surface area contributed by atoms with E-state index >= 15 is 0 Å². The van der Waals surface area contributed by atoms with Gasteiger partial charge >= 0.3 is 0 Å².